The van der Waals surface area contributed by atoms with Crippen LogP contribution in [0.2, 0.25) is 0 Å². The van der Waals surface area contributed by atoms with Crippen LogP contribution in [0.25, 0.3) is 109 Å². The van der Waals surface area contributed by atoms with E-state index in [9.17, 15) is 0 Å². The molecule has 4 saturated carbocycles. The van der Waals surface area contributed by atoms with Crippen LogP contribution in [0.3, 0.4) is 0 Å². The molecular formula is C64H44N6S2. The minimum absolute atomic E-state index is 0.148. The smallest absolute Gasteiger partial charge is 0.164 e. The Morgan fingerprint density at radius 1 is 0.333 bits per heavy atom. The van der Waals surface area contributed by atoms with Crippen LogP contribution >= 0.6 is 22.7 Å². The fourth-order valence-electron chi connectivity index (χ4n) is 14.4. The lowest BCUT2D eigenvalue weighted by molar-refractivity contribution is -0.199. The van der Waals surface area contributed by atoms with E-state index in [1.165, 1.54) is 83.6 Å². The number of benzene rings is 8. The molecule has 0 N–H and O–H groups in total. The van der Waals surface area contributed by atoms with Gasteiger partial charge in [-0.05, 0) is 90.2 Å². The molecule has 0 aliphatic heterocycles. The first kappa shape index (κ1) is 40.9. The van der Waals surface area contributed by atoms with Gasteiger partial charge in [0.1, 0.15) is 0 Å². The highest BCUT2D eigenvalue weighted by Gasteiger charge is 2.84. The average Bonchev–Trinajstić information content (AvgIpc) is 4.22. The van der Waals surface area contributed by atoms with Crippen LogP contribution in [-0.4, -0.2) is 29.9 Å². The van der Waals surface area contributed by atoms with Crippen molar-refractivity contribution in [1.29, 1.82) is 0 Å². The molecule has 0 amide bonds. The van der Waals surface area contributed by atoms with Crippen LogP contribution in [0, 0.1) is 17.3 Å². The monoisotopic (exact) mass is 960 g/mol. The van der Waals surface area contributed by atoms with Gasteiger partial charge in [0, 0.05) is 79.1 Å². The minimum Gasteiger partial charge on any atom is -0.208 e. The summed E-state index contributed by atoms with van der Waals surface area (Å²) in [6, 6.07) is 69.9. The molecule has 342 valence electrons. The molecule has 8 heteroatoms. The Kier molecular flexibility index (Phi) is 8.59. The van der Waals surface area contributed by atoms with Gasteiger partial charge in [0.05, 0.1) is 0 Å². The first-order valence-electron chi connectivity index (χ1n) is 25.2. The summed E-state index contributed by atoms with van der Waals surface area (Å²) in [6.07, 6.45) is 6.38. The highest BCUT2D eigenvalue weighted by Crippen LogP contribution is 2.89. The summed E-state index contributed by atoms with van der Waals surface area (Å²) in [5.74, 6) is 5.74. The van der Waals surface area contributed by atoms with Crippen molar-refractivity contribution >= 4 is 63.0 Å². The number of rotatable bonds is 8. The molecule has 12 aromatic rings. The van der Waals surface area contributed by atoms with Crippen molar-refractivity contribution in [3.63, 3.8) is 0 Å². The number of thiophene rings is 2. The fourth-order valence-corrected chi connectivity index (χ4v) is 16.7. The van der Waals surface area contributed by atoms with E-state index in [1.807, 2.05) is 59.1 Å². The summed E-state index contributed by atoms with van der Waals surface area (Å²) in [4.78, 5) is 30.8. The maximum atomic E-state index is 5.20. The Balaban J connectivity index is 0.727. The third-order valence-electron chi connectivity index (χ3n) is 17.5. The number of aromatic nitrogens is 6. The molecule has 6 nitrogen and oxygen atoms in total. The maximum absolute atomic E-state index is 5.20. The summed E-state index contributed by atoms with van der Waals surface area (Å²) < 4.78 is 5.05. The van der Waals surface area contributed by atoms with E-state index in [-0.39, 0.29) is 10.8 Å². The van der Waals surface area contributed by atoms with Gasteiger partial charge in [0.15, 0.2) is 34.9 Å². The molecule has 4 aromatic heterocycles. The molecule has 0 saturated heterocycles. The molecular weight excluding hydrogens is 917 g/mol. The molecule has 5 atom stereocenters. The predicted molar refractivity (Wildman–Crippen MR) is 294 cm³/mol. The second-order valence-electron chi connectivity index (χ2n) is 20.9. The standard InChI is InChI=1S/C64H44N6S2/c1-3-11-38(12-4-1)56-65-58(69-60(67-56)42-23-29-50-48-15-7-9-17-52(48)71-54(50)31-42)40-19-25-44(26-20-40)62-34-46-33-47-35-63(36-62,64(46,47)37-62)45-27-21-41(22-28-45)59-66-57(39-13-5-2-6-14-39)68-61(70-59)43-24-30-51-49-16-8-10-18-53(49)72-55(51)32-43/h1-32,46-47H,33-37H2. The highest BCUT2D eigenvalue weighted by molar-refractivity contribution is 7.26. The summed E-state index contributed by atoms with van der Waals surface area (Å²) in [7, 11) is 0. The maximum Gasteiger partial charge on any atom is 0.164 e. The minimum atomic E-state index is 0.148. The molecule has 4 aliphatic rings. The van der Waals surface area contributed by atoms with Crippen molar-refractivity contribution in [2.24, 2.45) is 17.3 Å². The van der Waals surface area contributed by atoms with Crippen LogP contribution in [-0.2, 0) is 10.8 Å². The number of hydrogen-bond donors (Lipinski definition) is 0. The van der Waals surface area contributed by atoms with Gasteiger partial charge in [-0.25, -0.2) is 29.9 Å². The topological polar surface area (TPSA) is 77.3 Å². The summed E-state index contributed by atoms with van der Waals surface area (Å²) >= 11 is 3.63. The van der Waals surface area contributed by atoms with Crippen molar-refractivity contribution in [2.45, 2.75) is 42.9 Å². The Labute approximate surface area is 424 Å². The van der Waals surface area contributed by atoms with Gasteiger partial charge in [-0.1, -0.05) is 170 Å². The van der Waals surface area contributed by atoms with Crippen molar-refractivity contribution in [3.8, 4) is 68.3 Å². The zero-order valence-electron chi connectivity index (χ0n) is 39.2. The van der Waals surface area contributed by atoms with Gasteiger partial charge >= 0.3 is 0 Å². The predicted octanol–water partition coefficient (Wildman–Crippen LogP) is 16.2. The van der Waals surface area contributed by atoms with Crippen LogP contribution in [0.4, 0.5) is 0 Å². The zero-order valence-corrected chi connectivity index (χ0v) is 40.8. The lowest BCUT2D eigenvalue weighted by atomic mass is 9.30. The van der Waals surface area contributed by atoms with Gasteiger partial charge in [-0.2, -0.15) is 0 Å². The molecule has 8 aromatic carbocycles. The quantitative estimate of drug-likeness (QED) is 0.151. The lowest BCUT2D eigenvalue weighted by Crippen LogP contribution is -2.69. The normalized spacial score (nSPS) is 22.6. The van der Waals surface area contributed by atoms with Crippen molar-refractivity contribution in [1.82, 2.24) is 29.9 Å². The van der Waals surface area contributed by atoms with Crippen LogP contribution in [0.5, 0.6) is 0 Å². The van der Waals surface area contributed by atoms with Gasteiger partial charge in [-0.15, -0.1) is 22.7 Å². The van der Waals surface area contributed by atoms with Crippen LogP contribution < -0.4 is 0 Å². The van der Waals surface area contributed by atoms with Crippen molar-refractivity contribution < 1.29 is 0 Å². The van der Waals surface area contributed by atoms with E-state index < -0.39 is 0 Å². The van der Waals surface area contributed by atoms with Crippen LogP contribution in [0.15, 0.2) is 194 Å². The number of fused-ring (bicyclic) bond motifs is 7. The summed E-state index contributed by atoms with van der Waals surface area (Å²) in [5.41, 5.74) is 9.64. The molecule has 5 unspecified atom stereocenters. The van der Waals surface area contributed by atoms with E-state index >= 15 is 0 Å². The molecule has 0 radical (unpaired) electrons. The van der Waals surface area contributed by atoms with Gasteiger partial charge in [-0.3, -0.25) is 0 Å². The Morgan fingerprint density at radius 2 is 0.722 bits per heavy atom. The Hall–Kier alpha value is -7.78. The van der Waals surface area contributed by atoms with Crippen molar-refractivity contribution in [3.05, 3.63) is 205 Å². The first-order valence-corrected chi connectivity index (χ1v) is 26.8. The van der Waals surface area contributed by atoms with Gasteiger partial charge in [0.25, 0.3) is 0 Å². The molecule has 4 heterocycles. The Morgan fingerprint density at radius 3 is 1.21 bits per heavy atom. The molecule has 4 aliphatic carbocycles. The van der Waals surface area contributed by atoms with E-state index in [1.54, 1.807) is 0 Å². The second kappa shape index (κ2) is 15.1. The first-order chi connectivity index (χ1) is 35.5. The van der Waals surface area contributed by atoms with Gasteiger partial charge in [0.2, 0.25) is 0 Å². The molecule has 72 heavy (non-hydrogen) atoms. The van der Waals surface area contributed by atoms with Gasteiger partial charge < -0.3 is 0 Å². The molecule has 4 fully saturated rings. The van der Waals surface area contributed by atoms with E-state index in [4.69, 9.17) is 29.9 Å². The van der Waals surface area contributed by atoms with E-state index in [0.29, 0.717) is 40.4 Å². The van der Waals surface area contributed by atoms with E-state index in [0.717, 1.165) is 45.2 Å². The molecule has 1 spiro atoms. The average molecular weight is 961 g/mol. The fraction of sp³-hybridized carbons (Fsp3) is 0.156. The number of hydrogen-bond acceptors (Lipinski definition) is 8. The lowest BCUT2D eigenvalue weighted by Gasteiger charge is -2.73. The van der Waals surface area contributed by atoms with E-state index in [2.05, 4.69) is 158 Å². The summed E-state index contributed by atoms with van der Waals surface area (Å²) in [5, 5.41) is 5.10. The second-order valence-corrected chi connectivity index (χ2v) is 23.1. The highest BCUT2D eigenvalue weighted by atomic mass is 32.1. The zero-order chi connectivity index (χ0) is 47.2. The summed E-state index contributed by atoms with van der Waals surface area (Å²) in [6.45, 7) is 0. The molecule has 16 rings (SSSR count). The molecule has 2 bridgehead atoms. The SMILES string of the molecule is c1ccc(-c2nc(-c3ccc(C45CC6CC7CC(c8ccc(-c9nc(-c%10ccccc%10)nc(-c%10ccc%11c(c%10)sc%10ccccc%10%11)n9)cc8)(C4)C67C5)cc3)nc(-c3ccc4c(c3)sc3ccccc34)n2)cc1. The number of nitrogens with zero attached hydrogens (tertiary/aromatic N) is 6. The van der Waals surface area contributed by atoms with Crippen molar-refractivity contribution in [2.75, 3.05) is 0 Å². The third kappa shape index (κ3) is 5.88. The Bertz CT molecular complexity index is 4170. The largest absolute Gasteiger partial charge is 0.208 e. The third-order valence-corrected chi connectivity index (χ3v) is 19.7. The van der Waals surface area contributed by atoms with Crippen LogP contribution in [0.1, 0.15) is 43.2 Å².